The van der Waals surface area contributed by atoms with Crippen molar-refractivity contribution < 1.29 is 19.4 Å². The lowest BCUT2D eigenvalue weighted by atomic mass is 10.1. The molecule has 5 nitrogen and oxygen atoms in total. The Morgan fingerprint density at radius 1 is 1.33 bits per heavy atom. The molecule has 1 atom stereocenters. The topological polar surface area (TPSA) is 66.8 Å². The third-order valence-corrected chi connectivity index (χ3v) is 3.53. The molecule has 114 valence electrons. The molecule has 1 amide bonds. The van der Waals surface area contributed by atoms with Gasteiger partial charge in [-0.15, -0.1) is 0 Å². The first-order valence-corrected chi connectivity index (χ1v) is 7.30. The number of hydrogen-bond acceptors (Lipinski definition) is 3. The number of rotatable bonds is 7. The van der Waals surface area contributed by atoms with Crippen LogP contribution in [0.5, 0.6) is 5.75 Å². The van der Waals surface area contributed by atoms with Gasteiger partial charge in [-0.05, 0) is 44.0 Å². The predicted octanol–water partition coefficient (Wildman–Crippen LogP) is 2.55. The molecule has 21 heavy (non-hydrogen) atoms. The lowest BCUT2D eigenvalue weighted by molar-refractivity contribution is -0.140. The highest BCUT2D eigenvalue weighted by Gasteiger charge is 2.35. The molecule has 0 bridgehead atoms. The van der Waals surface area contributed by atoms with E-state index in [1.54, 1.807) is 36.1 Å². The van der Waals surface area contributed by atoms with Crippen LogP contribution in [0.25, 0.3) is 0 Å². The van der Waals surface area contributed by atoms with Gasteiger partial charge >= 0.3 is 5.97 Å². The first-order valence-electron chi connectivity index (χ1n) is 7.30. The summed E-state index contributed by atoms with van der Waals surface area (Å²) in [6, 6.07) is 7.22. The third kappa shape index (κ3) is 3.97. The molecule has 2 rings (SSSR count). The van der Waals surface area contributed by atoms with Crippen LogP contribution in [-0.4, -0.2) is 30.1 Å². The van der Waals surface area contributed by atoms with Crippen LogP contribution >= 0.6 is 0 Å². The zero-order chi connectivity index (χ0) is 15.4. The van der Waals surface area contributed by atoms with Crippen LogP contribution in [0.15, 0.2) is 24.3 Å². The summed E-state index contributed by atoms with van der Waals surface area (Å²) in [5.41, 5.74) is 0.725. The Hall–Kier alpha value is -2.04. The molecule has 1 fully saturated rings. The molecule has 0 heterocycles. The summed E-state index contributed by atoms with van der Waals surface area (Å²) in [5, 5.41) is 9.07. The van der Waals surface area contributed by atoms with Gasteiger partial charge in [0.2, 0.25) is 5.91 Å². The van der Waals surface area contributed by atoms with E-state index in [2.05, 4.69) is 0 Å². The van der Waals surface area contributed by atoms with E-state index >= 15 is 0 Å². The van der Waals surface area contributed by atoms with Crippen LogP contribution < -0.4 is 9.64 Å². The van der Waals surface area contributed by atoms with E-state index < -0.39 is 11.9 Å². The summed E-state index contributed by atoms with van der Waals surface area (Å²) in [6.45, 7) is 4.30. The van der Waals surface area contributed by atoms with E-state index in [0.717, 1.165) is 24.3 Å². The number of nitrogens with zero attached hydrogens (tertiary/aromatic N) is 1. The molecular weight excluding hydrogens is 270 g/mol. The van der Waals surface area contributed by atoms with Crippen molar-refractivity contribution >= 4 is 17.6 Å². The monoisotopic (exact) mass is 291 g/mol. The van der Waals surface area contributed by atoms with Gasteiger partial charge in [0, 0.05) is 18.2 Å². The average Bonchev–Trinajstić information content (AvgIpc) is 3.29. The van der Waals surface area contributed by atoms with Crippen LogP contribution in [-0.2, 0) is 9.59 Å². The van der Waals surface area contributed by atoms with Crippen molar-refractivity contribution in [1.82, 2.24) is 0 Å². The van der Waals surface area contributed by atoms with E-state index in [1.165, 1.54) is 0 Å². The number of carbonyl (C=O) groups excluding carboxylic acids is 1. The molecule has 1 aliphatic carbocycles. The maximum absolute atomic E-state index is 12.4. The fourth-order valence-electron chi connectivity index (χ4n) is 2.11. The van der Waals surface area contributed by atoms with Crippen molar-refractivity contribution in [2.75, 3.05) is 18.1 Å². The Morgan fingerprint density at radius 3 is 2.43 bits per heavy atom. The summed E-state index contributed by atoms with van der Waals surface area (Å²) in [7, 11) is 0. The SMILES string of the molecule is CCOc1ccc(N(CC(C)C(=O)O)C(=O)C2CC2)cc1. The molecule has 0 aliphatic heterocycles. The van der Waals surface area contributed by atoms with Crippen molar-refractivity contribution in [2.45, 2.75) is 26.7 Å². The smallest absolute Gasteiger partial charge is 0.308 e. The van der Waals surface area contributed by atoms with Gasteiger partial charge in [-0.1, -0.05) is 6.92 Å². The fourth-order valence-corrected chi connectivity index (χ4v) is 2.11. The molecular formula is C16H21NO4. The molecule has 1 unspecified atom stereocenters. The molecule has 5 heteroatoms. The summed E-state index contributed by atoms with van der Waals surface area (Å²) in [5.74, 6) is -0.676. The van der Waals surface area contributed by atoms with Crippen LogP contribution in [0.3, 0.4) is 0 Å². The molecule has 1 aliphatic rings. The van der Waals surface area contributed by atoms with Gasteiger partial charge in [0.15, 0.2) is 0 Å². The second kappa shape index (κ2) is 6.61. The standard InChI is InChI=1S/C16H21NO4/c1-3-21-14-8-6-13(7-9-14)17(10-11(2)16(19)20)15(18)12-4-5-12/h6-9,11-12H,3-5,10H2,1-2H3,(H,19,20). The van der Waals surface area contributed by atoms with Gasteiger partial charge in [0.1, 0.15) is 5.75 Å². The van der Waals surface area contributed by atoms with Gasteiger partial charge in [0.25, 0.3) is 0 Å². The molecule has 1 aromatic carbocycles. The Labute approximate surface area is 124 Å². The summed E-state index contributed by atoms with van der Waals surface area (Å²) >= 11 is 0. The Bertz CT molecular complexity index is 508. The Balaban J connectivity index is 2.17. The molecule has 0 aromatic heterocycles. The minimum Gasteiger partial charge on any atom is -0.494 e. The lowest BCUT2D eigenvalue weighted by Gasteiger charge is -2.25. The van der Waals surface area contributed by atoms with E-state index in [0.29, 0.717) is 6.61 Å². The van der Waals surface area contributed by atoms with Crippen molar-refractivity contribution in [2.24, 2.45) is 11.8 Å². The second-order valence-corrected chi connectivity index (χ2v) is 5.39. The average molecular weight is 291 g/mol. The van der Waals surface area contributed by atoms with E-state index in [1.807, 2.05) is 6.92 Å². The predicted molar refractivity (Wildman–Crippen MR) is 79.5 cm³/mol. The molecule has 1 aromatic rings. The molecule has 0 spiro atoms. The first kappa shape index (κ1) is 15.4. The van der Waals surface area contributed by atoms with Gasteiger partial charge in [-0.25, -0.2) is 0 Å². The lowest BCUT2D eigenvalue weighted by Crippen LogP contribution is -2.38. The highest BCUT2D eigenvalue weighted by molar-refractivity contribution is 5.97. The zero-order valence-electron chi connectivity index (χ0n) is 12.4. The maximum atomic E-state index is 12.4. The minimum absolute atomic E-state index is 0.0206. The normalized spacial score (nSPS) is 15.3. The van der Waals surface area contributed by atoms with Gasteiger partial charge in [0.05, 0.1) is 12.5 Å². The van der Waals surface area contributed by atoms with E-state index in [-0.39, 0.29) is 18.4 Å². The molecule has 0 radical (unpaired) electrons. The summed E-state index contributed by atoms with van der Waals surface area (Å²) < 4.78 is 5.38. The zero-order valence-corrected chi connectivity index (χ0v) is 12.4. The van der Waals surface area contributed by atoms with Crippen LogP contribution in [0.4, 0.5) is 5.69 Å². The van der Waals surface area contributed by atoms with Gasteiger partial charge in [-0.3, -0.25) is 9.59 Å². The van der Waals surface area contributed by atoms with Crippen molar-refractivity contribution in [3.05, 3.63) is 24.3 Å². The van der Waals surface area contributed by atoms with E-state index in [9.17, 15) is 9.59 Å². The highest BCUT2D eigenvalue weighted by atomic mass is 16.5. The molecule has 1 N–H and O–H groups in total. The number of anilines is 1. The number of carbonyl (C=O) groups is 2. The first-order chi connectivity index (χ1) is 10.0. The van der Waals surface area contributed by atoms with Crippen LogP contribution in [0, 0.1) is 11.8 Å². The number of benzene rings is 1. The van der Waals surface area contributed by atoms with Gasteiger partial charge in [-0.2, -0.15) is 0 Å². The van der Waals surface area contributed by atoms with Crippen LogP contribution in [0.1, 0.15) is 26.7 Å². The van der Waals surface area contributed by atoms with Gasteiger partial charge < -0.3 is 14.7 Å². The number of carboxylic acid groups (broad SMARTS) is 1. The molecule has 1 saturated carbocycles. The van der Waals surface area contributed by atoms with Crippen LogP contribution in [0.2, 0.25) is 0 Å². The van der Waals surface area contributed by atoms with E-state index in [4.69, 9.17) is 9.84 Å². The minimum atomic E-state index is -0.894. The van der Waals surface area contributed by atoms with Crippen molar-refractivity contribution in [3.8, 4) is 5.75 Å². The Kier molecular flexibility index (Phi) is 4.83. The number of aliphatic carboxylic acids is 1. The molecule has 0 saturated heterocycles. The summed E-state index contributed by atoms with van der Waals surface area (Å²) in [6.07, 6.45) is 1.79. The second-order valence-electron chi connectivity index (χ2n) is 5.39. The quantitative estimate of drug-likeness (QED) is 0.838. The number of ether oxygens (including phenoxy) is 1. The summed E-state index contributed by atoms with van der Waals surface area (Å²) in [4.78, 5) is 25.0. The fraction of sp³-hybridized carbons (Fsp3) is 0.500. The largest absolute Gasteiger partial charge is 0.494 e. The van der Waals surface area contributed by atoms with Crippen molar-refractivity contribution in [1.29, 1.82) is 0 Å². The third-order valence-electron chi connectivity index (χ3n) is 3.53. The maximum Gasteiger partial charge on any atom is 0.308 e. The van der Waals surface area contributed by atoms with Crippen molar-refractivity contribution in [3.63, 3.8) is 0 Å². The highest BCUT2D eigenvalue weighted by Crippen LogP contribution is 2.33. The Morgan fingerprint density at radius 2 is 1.95 bits per heavy atom. The number of carboxylic acids is 1. The number of amides is 1. The number of hydrogen-bond donors (Lipinski definition) is 1.